The van der Waals surface area contributed by atoms with E-state index in [2.05, 4.69) is 259 Å². The van der Waals surface area contributed by atoms with Crippen LogP contribution >= 0.6 is 0 Å². The van der Waals surface area contributed by atoms with E-state index in [-0.39, 0.29) is 0 Å². The smallest absolute Gasteiger partial charge is 0.0776 e. The van der Waals surface area contributed by atoms with Crippen LogP contribution in [0.4, 0.5) is 0 Å². The van der Waals surface area contributed by atoms with Gasteiger partial charge in [0.05, 0.1) is 54.4 Å². The van der Waals surface area contributed by atoms with Crippen LogP contribution in [0.1, 0.15) is 11.1 Å². The topological polar surface area (TPSA) is 9.86 Å². The molecule has 0 aliphatic carbocycles. The Kier molecular flexibility index (Phi) is 10.8. The van der Waals surface area contributed by atoms with E-state index >= 15 is 0 Å². The third-order valence-corrected chi connectivity index (χ3v) is 23.4. The van der Waals surface area contributed by atoms with E-state index in [1.807, 2.05) is 0 Å². The van der Waals surface area contributed by atoms with Gasteiger partial charge in [-0.05, 0) is 106 Å². The van der Waals surface area contributed by atoms with Crippen molar-refractivity contribution in [3.05, 3.63) is 169 Å². The maximum atomic E-state index is 2.55. The first-order chi connectivity index (χ1) is 33.0. The van der Waals surface area contributed by atoms with Crippen molar-refractivity contribution in [3.8, 4) is 33.6 Å². The van der Waals surface area contributed by atoms with Gasteiger partial charge in [-0.3, -0.25) is 0 Å². The Morgan fingerprint density at radius 1 is 0.257 bits per heavy atom. The number of rotatable bonds is 8. The van der Waals surface area contributed by atoms with Gasteiger partial charge in [-0.1, -0.05) is 220 Å². The summed E-state index contributed by atoms with van der Waals surface area (Å²) < 4.78 is 5.10. The predicted molar refractivity (Wildman–Crippen MR) is 322 cm³/mol. The minimum absolute atomic E-state index is 1.19. The minimum Gasteiger partial charge on any atom is -0.309 e. The summed E-state index contributed by atoms with van der Waals surface area (Å²) in [5, 5.41) is 16.5. The lowest BCUT2D eigenvalue weighted by molar-refractivity contribution is 1.18. The summed E-state index contributed by atoms with van der Waals surface area (Å²) >= 11 is 0. The maximum Gasteiger partial charge on any atom is 0.0776 e. The van der Waals surface area contributed by atoms with Crippen LogP contribution in [0, 0.1) is 13.8 Å². The second-order valence-electron chi connectivity index (χ2n) is 24.5. The van der Waals surface area contributed by atoms with Gasteiger partial charge in [0.25, 0.3) is 0 Å². The normalized spacial score (nSPS) is 13.0. The molecule has 70 heavy (non-hydrogen) atoms. The Morgan fingerprint density at radius 2 is 0.529 bits per heavy atom. The molecule has 2 aromatic heterocycles. The van der Waals surface area contributed by atoms with Crippen molar-refractivity contribution in [2.24, 2.45) is 0 Å². The van der Waals surface area contributed by atoms with Crippen LogP contribution in [-0.4, -0.2) is 41.4 Å². The molecule has 0 saturated heterocycles. The maximum absolute atomic E-state index is 2.55. The molecule has 0 radical (unpaired) electrons. The summed E-state index contributed by atoms with van der Waals surface area (Å²) in [7, 11) is -6.32. The highest BCUT2D eigenvalue weighted by Crippen LogP contribution is 2.46. The van der Waals surface area contributed by atoms with Crippen molar-refractivity contribution in [2.75, 3.05) is 0 Å². The number of hydrogen-bond acceptors (Lipinski definition) is 0. The van der Waals surface area contributed by atoms with E-state index in [1.165, 1.54) is 131 Å². The van der Waals surface area contributed by atoms with Crippen LogP contribution < -0.4 is 20.7 Å². The highest BCUT2D eigenvalue weighted by atomic mass is 28.3. The lowest BCUT2D eigenvalue weighted by atomic mass is 9.85. The van der Waals surface area contributed by atoms with Crippen molar-refractivity contribution in [3.63, 3.8) is 0 Å². The fourth-order valence-corrected chi connectivity index (χ4v) is 15.7. The van der Waals surface area contributed by atoms with E-state index in [4.69, 9.17) is 0 Å². The van der Waals surface area contributed by atoms with Crippen molar-refractivity contribution < 1.29 is 0 Å². The summed E-state index contributed by atoms with van der Waals surface area (Å²) in [5.41, 5.74) is 15.0. The molecule has 0 aliphatic rings. The number of aryl methyl sites for hydroxylation is 2. The highest BCUT2D eigenvalue weighted by molar-refractivity contribution is 6.90. The van der Waals surface area contributed by atoms with Crippen LogP contribution in [0.5, 0.6) is 0 Å². The number of aromatic nitrogens is 2. The number of benzene rings is 9. The standard InChI is InChI=1S/C64H68N2Si4/c1-41-15-19-43(20-16-41)63-51-29-23-46(66-61-33-27-49(69(9,10)11)39-55(61)56-40-50(70(12,13)14)28-34-62(56)66)36-58(51)64(44-21-17-42(2)18-22-44)52-30-24-45(35-57(52)63)65-59-31-25-47(67(3,4)5)37-53(59)54-38-48(68(6,7)8)26-32-60(54)65/h15-40H,1-14H3. The van der Waals surface area contributed by atoms with Gasteiger partial charge in [-0.15, -0.1) is 0 Å². The van der Waals surface area contributed by atoms with E-state index in [0.29, 0.717) is 0 Å². The molecule has 6 heteroatoms. The minimum atomic E-state index is -1.58. The molecule has 0 aliphatic heterocycles. The quantitative estimate of drug-likeness (QED) is 0.106. The van der Waals surface area contributed by atoms with Gasteiger partial charge in [-0.25, -0.2) is 0 Å². The zero-order chi connectivity index (χ0) is 49.4. The average Bonchev–Trinajstić information content (AvgIpc) is 3.81. The SMILES string of the molecule is Cc1ccc(-c2c3ccc(-n4c5ccc([Si](C)(C)C)cc5c5cc([Si](C)(C)C)ccc54)cc3c(-c3ccc(C)cc3)c3ccc(-n4c5ccc([Si](C)(C)C)cc5c5cc([Si](C)(C)C)ccc54)cc23)cc1. The molecule has 11 aromatic rings. The molecule has 0 saturated carbocycles. The molecule has 0 atom stereocenters. The highest BCUT2D eigenvalue weighted by Gasteiger charge is 2.26. The molecule has 9 aromatic carbocycles. The Hall–Kier alpha value is -6.03. The molecule has 0 spiro atoms. The second kappa shape index (κ2) is 16.3. The molecule has 11 rings (SSSR count). The van der Waals surface area contributed by atoms with Gasteiger partial charge >= 0.3 is 0 Å². The molecular formula is C64H68N2Si4. The first-order valence-corrected chi connectivity index (χ1v) is 39.4. The summed E-state index contributed by atoms with van der Waals surface area (Å²) in [6.07, 6.45) is 0. The summed E-state index contributed by atoms with van der Waals surface area (Å²) in [5.74, 6) is 0. The number of fused-ring (bicyclic) bond motifs is 8. The zero-order valence-electron chi connectivity index (χ0n) is 43.9. The monoisotopic (exact) mass is 976 g/mol. The third-order valence-electron chi connectivity index (χ3n) is 15.3. The van der Waals surface area contributed by atoms with Gasteiger partial charge in [0.15, 0.2) is 0 Å². The molecular weight excluding hydrogens is 909 g/mol. The molecule has 0 N–H and O–H groups in total. The van der Waals surface area contributed by atoms with Gasteiger partial charge in [0.1, 0.15) is 0 Å². The Balaban J connectivity index is 1.24. The zero-order valence-corrected chi connectivity index (χ0v) is 47.9. The number of hydrogen-bond donors (Lipinski definition) is 0. The first-order valence-electron chi connectivity index (χ1n) is 25.4. The summed E-state index contributed by atoms with van der Waals surface area (Å²) in [4.78, 5) is 0. The van der Waals surface area contributed by atoms with Crippen LogP contribution in [0.15, 0.2) is 158 Å². The van der Waals surface area contributed by atoms with E-state index in [0.717, 1.165) is 0 Å². The lowest BCUT2D eigenvalue weighted by Crippen LogP contribution is -2.37. The van der Waals surface area contributed by atoms with Gasteiger partial charge in [-0.2, -0.15) is 0 Å². The second-order valence-corrected chi connectivity index (χ2v) is 44.8. The Bertz CT molecular complexity index is 3520. The molecule has 0 bridgehead atoms. The van der Waals surface area contributed by atoms with Crippen molar-refractivity contribution in [1.29, 1.82) is 0 Å². The molecule has 0 fully saturated rings. The molecule has 0 amide bonds. The van der Waals surface area contributed by atoms with Crippen LogP contribution in [0.3, 0.4) is 0 Å². The lowest BCUT2D eigenvalue weighted by Gasteiger charge is -2.21. The van der Waals surface area contributed by atoms with Gasteiger partial charge in [0, 0.05) is 32.9 Å². The number of nitrogens with zero attached hydrogens (tertiary/aromatic N) is 2. The van der Waals surface area contributed by atoms with Crippen molar-refractivity contribution in [2.45, 2.75) is 92.4 Å². The van der Waals surface area contributed by atoms with E-state index in [9.17, 15) is 0 Å². The van der Waals surface area contributed by atoms with Crippen molar-refractivity contribution >= 4 is 118 Å². The van der Waals surface area contributed by atoms with E-state index < -0.39 is 32.3 Å². The van der Waals surface area contributed by atoms with Gasteiger partial charge < -0.3 is 9.13 Å². The van der Waals surface area contributed by atoms with Crippen LogP contribution in [0.25, 0.3) is 98.8 Å². The van der Waals surface area contributed by atoms with Gasteiger partial charge in [0.2, 0.25) is 0 Å². The Labute approximate surface area is 419 Å². The van der Waals surface area contributed by atoms with E-state index in [1.54, 1.807) is 0 Å². The molecule has 0 unspecified atom stereocenters. The molecule has 2 nitrogen and oxygen atoms in total. The van der Waals surface area contributed by atoms with Crippen molar-refractivity contribution in [1.82, 2.24) is 9.13 Å². The summed E-state index contributed by atoms with van der Waals surface area (Å²) in [6, 6.07) is 62.5. The fourth-order valence-electron chi connectivity index (χ4n) is 11.0. The summed E-state index contributed by atoms with van der Waals surface area (Å²) in [6.45, 7) is 34.0. The molecule has 350 valence electrons. The predicted octanol–water partition coefficient (Wildman–Crippen LogP) is 16.3. The molecule has 2 heterocycles. The fraction of sp³-hybridized carbons (Fsp3) is 0.219. The van der Waals surface area contributed by atoms with Crippen LogP contribution in [0.2, 0.25) is 78.6 Å². The Morgan fingerprint density at radius 3 is 0.786 bits per heavy atom. The third kappa shape index (κ3) is 7.79. The first kappa shape index (κ1) is 46.4. The largest absolute Gasteiger partial charge is 0.309 e. The van der Waals surface area contributed by atoms with Crippen LogP contribution in [-0.2, 0) is 0 Å². The average molecular weight is 978 g/mol.